The quantitative estimate of drug-likeness (QED) is 0.165. The number of nitriles is 1. The number of nitrogens with zero attached hydrogens (tertiary/aromatic N) is 4. The Bertz CT molecular complexity index is 3480. The molecule has 0 spiro atoms. The minimum Gasteiger partial charge on any atom is -0.318 e. The van der Waals surface area contributed by atoms with Crippen molar-refractivity contribution >= 4 is 70.8 Å². The molecule has 254 valence electrons. The maximum Gasteiger partial charge on any atom is 0.212 e. The molecule has 0 saturated heterocycles. The highest BCUT2D eigenvalue weighted by Gasteiger charge is 2.29. The highest BCUT2D eigenvalue weighted by Crippen LogP contribution is 2.53. The topological polar surface area (TPSA) is 38.0 Å². The molecule has 0 amide bonds. The molecule has 0 bridgehead atoms. The predicted molar refractivity (Wildman–Crippen MR) is 230 cm³/mol. The Morgan fingerprint density at radius 2 is 0.839 bits per heavy atom. The fourth-order valence-electron chi connectivity index (χ4n) is 10.3. The summed E-state index contributed by atoms with van der Waals surface area (Å²) in [5.41, 5.74) is 16.4. The number of hydrogen-bond donors (Lipinski definition) is 0. The van der Waals surface area contributed by atoms with Crippen LogP contribution in [0.25, 0.3) is 126 Å². The van der Waals surface area contributed by atoms with Crippen LogP contribution >= 0.6 is 0 Å². The number of rotatable bonds is 2. The highest BCUT2D eigenvalue weighted by atomic mass is 15.0. The van der Waals surface area contributed by atoms with Crippen LogP contribution in [0.2, 0.25) is 0 Å². The fourth-order valence-corrected chi connectivity index (χ4v) is 10.3. The van der Waals surface area contributed by atoms with Crippen LogP contribution in [0.3, 0.4) is 0 Å². The van der Waals surface area contributed by atoms with Gasteiger partial charge in [-0.15, -0.1) is 0 Å². The monoisotopic (exact) mass is 706 g/mol. The van der Waals surface area contributed by atoms with Gasteiger partial charge in [0.25, 0.3) is 0 Å². The first-order valence-electron chi connectivity index (χ1n) is 18.9. The molecule has 56 heavy (non-hydrogen) atoms. The van der Waals surface area contributed by atoms with Gasteiger partial charge in [-0.3, -0.25) is 0 Å². The molecule has 13 rings (SSSR count). The van der Waals surface area contributed by atoms with Crippen LogP contribution < -0.4 is 0 Å². The molecule has 0 aliphatic heterocycles. The Morgan fingerprint density at radius 1 is 0.411 bits per heavy atom. The minimum absolute atomic E-state index is 0.484. The van der Waals surface area contributed by atoms with Gasteiger partial charge in [0.05, 0.1) is 45.6 Å². The lowest BCUT2D eigenvalue weighted by Gasteiger charge is -2.17. The summed E-state index contributed by atoms with van der Waals surface area (Å²) < 4.78 is 4.46. The number of aromatic nitrogens is 2. The summed E-state index contributed by atoms with van der Waals surface area (Å²) in [7, 11) is 0. The third kappa shape index (κ3) is 3.48. The molecule has 2 heterocycles. The second-order valence-electron chi connectivity index (χ2n) is 15.0. The van der Waals surface area contributed by atoms with Gasteiger partial charge in [-0.1, -0.05) is 121 Å². The Labute approximate surface area is 320 Å². The zero-order valence-electron chi connectivity index (χ0n) is 29.8. The molecule has 9 aromatic carbocycles. The smallest absolute Gasteiger partial charge is 0.212 e. The molecule has 4 nitrogen and oxygen atoms in total. The largest absolute Gasteiger partial charge is 0.318 e. The van der Waals surface area contributed by atoms with Crippen LogP contribution in [0, 0.1) is 17.9 Å². The predicted octanol–water partition coefficient (Wildman–Crippen LogP) is 13.9. The first-order valence-corrected chi connectivity index (χ1v) is 18.9. The minimum atomic E-state index is 0.484. The van der Waals surface area contributed by atoms with Gasteiger partial charge in [0.1, 0.15) is 6.07 Å². The molecule has 2 aliphatic rings. The molecule has 0 fully saturated rings. The summed E-state index contributed by atoms with van der Waals surface area (Å²) in [5, 5.41) is 20.3. The third-order valence-corrected chi connectivity index (χ3v) is 12.4. The van der Waals surface area contributed by atoms with E-state index in [0.717, 1.165) is 54.4 Å². The van der Waals surface area contributed by atoms with E-state index in [0.29, 0.717) is 22.6 Å². The lowest BCUT2D eigenvalue weighted by atomic mass is 9.99. The summed E-state index contributed by atoms with van der Waals surface area (Å²) in [4.78, 5) is 4.24. The fraction of sp³-hybridized carbons (Fsp3) is 0. The van der Waals surface area contributed by atoms with E-state index in [1.165, 1.54) is 55.3 Å². The number of benzene rings is 9. The van der Waals surface area contributed by atoms with Crippen molar-refractivity contribution in [1.82, 2.24) is 9.13 Å². The van der Waals surface area contributed by atoms with Gasteiger partial charge >= 0.3 is 0 Å². The van der Waals surface area contributed by atoms with E-state index in [4.69, 9.17) is 6.57 Å². The van der Waals surface area contributed by atoms with Gasteiger partial charge in [0, 0.05) is 32.3 Å². The van der Waals surface area contributed by atoms with Crippen molar-refractivity contribution in [2.24, 2.45) is 0 Å². The normalized spacial score (nSPS) is 12.2. The van der Waals surface area contributed by atoms with Crippen LogP contribution in [0.5, 0.6) is 0 Å². The summed E-state index contributed by atoms with van der Waals surface area (Å²) in [6.45, 7) is 8.70. The SMILES string of the molecule is [C-]#[N+]c1cc(-n2c3ccccc3c3cc4c5c(cccc5c32)-c2ccccc2-4)c(C#N)cc1-n1c2ccccc2c2cc3c4c(cccc4c21)-c1ccccc1-3. The van der Waals surface area contributed by atoms with Gasteiger partial charge in [0.2, 0.25) is 5.69 Å². The summed E-state index contributed by atoms with van der Waals surface area (Å²) in [5.74, 6) is 0. The molecule has 11 aromatic rings. The van der Waals surface area contributed by atoms with Crippen molar-refractivity contribution in [2.45, 2.75) is 0 Å². The molecule has 2 aromatic heterocycles. The summed E-state index contributed by atoms with van der Waals surface area (Å²) in [6, 6.07) is 58.4. The van der Waals surface area contributed by atoms with Crippen molar-refractivity contribution in [3.05, 3.63) is 175 Å². The molecule has 0 atom stereocenters. The first-order chi connectivity index (χ1) is 27.7. The van der Waals surface area contributed by atoms with Crippen molar-refractivity contribution in [3.8, 4) is 62.0 Å². The average molecular weight is 707 g/mol. The van der Waals surface area contributed by atoms with Crippen molar-refractivity contribution in [3.63, 3.8) is 0 Å². The van der Waals surface area contributed by atoms with Crippen molar-refractivity contribution in [2.75, 3.05) is 0 Å². The molecule has 4 heteroatoms. The zero-order valence-corrected chi connectivity index (χ0v) is 29.8. The Kier molecular flexibility index (Phi) is 5.48. The molecular weight excluding hydrogens is 681 g/mol. The van der Waals surface area contributed by atoms with Gasteiger partial charge < -0.3 is 9.13 Å². The molecule has 0 N–H and O–H groups in total. The lowest BCUT2D eigenvalue weighted by Crippen LogP contribution is -2.02. The summed E-state index contributed by atoms with van der Waals surface area (Å²) in [6.07, 6.45) is 0. The van der Waals surface area contributed by atoms with Crippen LogP contribution in [0.4, 0.5) is 5.69 Å². The van der Waals surface area contributed by atoms with Crippen LogP contribution in [-0.4, -0.2) is 9.13 Å². The van der Waals surface area contributed by atoms with Crippen LogP contribution in [0.1, 0.15) is 5.56 Å². The molecule has 0 radical (unpaired) electrons. The van der Waals surface area contributed by atoms with Crippen LogP contribution in [0.15, 0.2) is 158 Å². The van der Waals surface area contributed by atoms with E-state index in [1.807, 2.05) is 12.1 Å². The second kappa shape index (κ2) is 10.4. The lowest BCUT2D eigenvalue weighted by molar-refractivity contribution is 1.14. The number of hydrogen-bond acceptors (Lipinski definition) is 1. The van der Waals surface area contributed by atoms with Gasteiger partial charge in [0.15, 0.2) is 0 Å². The Hall–Kier alpha value is -7.92. The van der Waals surface area contributed by atoms with Crippen molar-refractivity contribution < 1.29 is 0 Å². The second-order valence-corrected chi connectivity index (χ2v) is 15.0. The van der Waals surface area contributed by atoms with Crippen molar-refractivity contribution in [1.29, 1.82) is 5.26 Å². The average Bonchev–Trinajstić information content (AvgIpc) is 3.98. The molecule has 2 aliphatic carbocycles. The van der Waals surface area contributed by atoms with Gasteiger partial charge in [-0.2, -0.15) is 5.26 Å². The van der Waals surface area contributed by atoms with E-state index >= 15 is 0 Å². The molecule has 0 unspecified atom stereocenters. The maximum absolute atomic E-state index is 11.1. The van der Waals surface area contributed by atoms with E-state index in [9.17, 15) is 5.26 Å². The van der Waals surface area contributed by atoms with E-state index in [2.05, 4.69) is 166 Å². The number of fused-ring (bicyclic) bond motifs is 14. The van der Waals surface area contributed by atoms with Crippen LogP contribution in [-0.2, 0) is 0 Å². The highest BCUT2D eigenvalue weighted by molar-refractivity contribution is 6.29. The Morgan fingerprint density at radius 3 is 1.34 bits per heavy atom. The van der Waals surface area contributed by atoms with E-state index in [-0.39, 0.29) is 0 Å². The molecule has 0 saturated carbocycles. The first kappa shape index (κ1) is 29.5. The third-order valence-electron chi connectivity index (χ3n) is 12.4. The maximum atomic E-state index is 11.1. The van der Waals surface area contributed by atoms with E-state index in [1.54, 1.807) is 0 Å². The zero-order chi connectivity index (χ0) is 36.8. The van der Waals surface area contributed by atoms with E-state index < -0.39 is 0 Å². The van der Waals surface area contributed by atoms with Gasteiger partial charge in [-0.05, 0) is 91.7 Å². The molecular formula is C52H26N4. The summed E-state index contributed by atoms with van der Waals surface area (Å²) >= 11 is 0. The number of para-hydroxylation sites is 2. The van der Waals surface area contributed by atoms with Gasteiger partial charge in [-0.25, -0.2) is 4.85 Å². The standard InChI is InChI=1S/C52H26N4/c1-54-44-27-47(55-45-22-8-6-16-34(45)42-25-40-32-14-4-2-12-30(32)36-18-10-20-38(49(36)40)51(42)55)29(28-53)24-48(44)56-46-23-9-7-17-35(46)43-26-41-33-15-5-3-13-31(33)37-19-11-21-39(50(37)41)52(43)56/h2-27H. The Balaban J connectivity index is 1.14.